The summed E-state index contributed by atoms with van der Waals surface area (Å²) in [6.45, 7) is 6.69. The van der Waals surface area contributed by atoms with Gasteiger partial charge < -0.3 is 38.0 Å². The largest absolute Gasteiger partial charge is 2.00 e. The molecule has 0 radical (unpaired) electrons. The maximum Gasteiger partial charge on any atom is 2.00 e. The van der Waals surface area contributed by atoms with Gasteiger partial charge in [0.05, 0.1) is 13.2 Å². The first-order chi connectivity index (χ1) is 20.5. The van der Waals surface area contributed by atoms with E-state index in [1.165, 1.54) is 12.3 Å². The summed E-state index contributed by atoms with van der Waals surface area (Å²) in [5.74, 6) is 1.11. The Kier molecular flexibility index (Phi) is 17.1. The van der Waals surface area contributed by atoms with Crippen LogP contribution in [0.2, 0.25) is 0 Å². The van der Waals surface area contributed by atoms with Gasteiger partial charge in [-0.05, 0) is 65.3 Å². The molecule has 0 amide bonds. The zero-order valence-corrected chi connectivity index (χ0v) is 29.5. The van der Waals surface area contributed by atoms with Gasteiger partial charge in [0.15, 0.2) is 5.78 Å². The monoisotopic (exact) mass is 762 g/mol. The molecule has 0 aromatic carbocycles. The zero-order chi connectivity index (χ0) is 31.5. The number of pyridine rings is 4. The molecule has 4 aromatic heterocycles. The molecule has 2 aliphatic rings. The average molecular weight is 765 g/mol. The van der Waals surface area contributed by atoms with Crippen molar-refractivity contribution in [2.24, 2.45) is 0 Å². The molecule has 6 heterocycles. The van der Waals surface area contributed by atoms with Gasteiger partial charge in [-0.3, -0.25) is 19.7 Å². The number of aromatic nitrogens is 4. The molecule has 45 heavy (non-hydrogen) atoms. The summed E-state index contributed by atoms with van der Waals surface area (Å²) in [5, 5.41) is 10.8. The normalized spacial score (nSPS) is 15.9. The predicted molar refractivity (Wildman–Crippen MR) is 163 cm³/mol. The first-order valence-corrected chi connectivity index (χ1v) is 14.1. The van der Waals surface area contributed by atoms with Gasteiger partial charge in [0.2, 0.25) is 0 Å². The Hall–Kier alpha value is -2.65. The van der Waals surface area contributed by atoms with Gasteiger partial charge in [0.25, 0.3) is 0 Å². The number of alkyl halides is 3. The number of Topliss-reactive ketones (excluding diaryl/α,β-unsaturated/α-hetero) is 1. The smallest absolute Gasteiger partial charge is 1.00 e. The molecule has 8 nitrogen and oxygen atoms in total. The third-order valence-corrected chi connectivity index (χ3v) is 6.38. The molecule has 0 bridgehead atoms. The third kappa shape index (κ3) is 11.6. The Morgan fingerprint density at radius 3 is 2.11 bits per heavy atom. The average Bonchev–Trinajstić information content (AvgIpc) is 3.00. The number of ketones is 1. The summed E-state index contributed by atoms with van der Waals surface area (Å²) in [6, 6.07) is 12.9. The molecule has 14 heteroatoms. The van der Waals surface area contributed by atoms with E-state index in [4.69, 9.17) is 9.47 Å². The van der Waals surface area contributed by atoms with Gasteiger partial charge in [0.1, 0.15) is 34.2 Å². The van der Waals surface area contributed by atoms with E-state index in [2.05, 4.69) is 35.9 Å². The van der Waals surface area contributed by atoms with E-state index in [9.17, 15) is 23.1 Å². The number of nitrogens with zero attached hydrogens (tertiary/aromatic N) is 4. The maximum absolute atomic E-state index is 12.5. The molecule has 0 saturated heterocycles. The summed E-state index contributed by atoms with van der Waals surface area (Å²) in [6.07, 6.45) is 4.06. The van der Waals surface area contributed by atoms with Crippen LogP contribution >= 0.6 is 15.9 Å². The number of carbonyl (C=O) groups excluding carboxylic acids is 1. The van der Waals surface area contributed by atoms with E-state index < -0.39 is 17.5 Å². The quantitative estimate of drug-likeness (QED) is 0.232. The van der Waals surface area contributed by atoms with Gasteiger partial charge in [0, 0.05) is 53.4 Å². The maximum atomic E-state index is 12.5. The van der Waals surface area contributed by atoms with E-state index in [0.29, 0.717) is 30.2 Å². The summed E-state index contributed by atoms with van der Waals surface area (Å²) in [4.78, 5) is 26.6. The molecular weight excluding hydrogens is 733 g/mol. The van der Waals surface area contributed by atoms with Crippen LogP contribution in [-0.4, -0.2) is 67.1 Å². The van der Waals surface area contributed by atoms with E-state index >= 15 is 0 Å². The van der Waals surface area contributed by atoms with Crippen LogP contribution in [0.3, 0.4) is 0 Å². The molecule has 0 aliphatic carbocycles. The number of fused-ring (bicyclic) bond motifs is 2. The minimum absolute atomic E-state index is 0. The molecular formula is C31H31Br2F3MgN4O4. The molecule has 2 aliphatic heterocycles. The van der Waals surface area contributed by atoms with Crippen LogP contribution in [0.15, 0.2) is 77.8 Å². The summed E-state index contributed by atoms with van der Waals surface area (Å²) in [5.41, 5.74) is -0.418. The van der Waals surface area contributed by atoms with Crippen LogP contribution in [0.1, 0.15) is 59.8 Å². The topological polar surface area (TPSA) is 107 Å². The number of aryl methyl sites for hydroxylation is 1. The van der Waals surface area contributed by atoms with E-state index in [0.717, 1.165) is 22.4 Å². The number of rotatable bonds is 1. The number of halogens is 5. The molecule has 0 fully saturated rings. The molecule has 0 spiro atoms. The van der Waals surface area contributed by atoms with Crippen molar-refractivity contribution in [3.63, 3.8) is 0 Å². The van der Waals surface area contributed by atoms with Crippen molar-refractivity contribution in [1.82, 2.24) is 19.9 Å². The van der Waals surface area contributed by atoms with Crippen molar-refractivity contribution in [3.8, 4) is 11.5 Å². The van der Waals surface area contributed by atoms with Crippen LogP contribution in [0.4, 0.5) is 13.2 Å². The van der Waals surface area contributed by atoms with Crippen LogP contribution < -0.4 is 26.5 Å². The van der Waals surface area contributed by atoms with Crippen LogP contribution in [-0.2, 0) is 11.8 Å². The standard InChI is InChI=1S/C14H11F3N2O2.C8H7NO2.C6H6BrN.C3H7.BrH.Mg/c15-14(16,17)11-4-3-9(8-19-11)13(20)5-7-21-10-2-1-6-18-12(10)13;10-6-3-5-11-7-2-1-4-9-8(6)7;1-5-2-3-6(7)4-8-5;1-3-2;;/h1-4,6,8,20H,5,7H2;1-2,4H,3,5H2;2-4H,1H3;3H,1-2H3;1H;/q;;;-1;;+2/p-1. The van der Waals surface area contributed by atoms with E-state index in [-0.39, 0.29) is 70.1 Å². The zero-order valence-electron chi connectivity index (χ0n) is 24.9. The van der Waals surface area contributed by atoms with Gasteiger partial charge >= 0.3 is 29.2 Å². The number of ether oxygens (including phenoxy) is 2. The van der Waals surface area contributed by atoms with Gasteiger partial charge in [-0.2, -0.15) is 27.0 Å². The first-order valence-electron chi connectivity index (χ1n) is 13.3. The number of hydrogen-bond acceptors (Lipinski definition) is 8. The fourth-order valence-electron chi connectivity index (χ4n) is 3.87. The van der Waals surface area contributed by atoms with E-state index in [1.807, 2.05) is 39.3 Å². The summed E-state index contributed by atoms with van der Waals surface area (Å²) in [7, 11) is 0. The Bertz CT molecular complexity index is 1460. The molecule has 236 valence electrons. The molecule has 4 aromatic rings. The molecule has 1 N–H and O–H groups in total. The van der Waals surface area contributed by atoms with Crippen LogP contribution in [0.5, 0.6) is 11.5 Å². The summed E-state index contributed by atoms with van der Waals surface area (Å²) >= 11 is 3.28. The second-order valence-electron chi connectivity index (χ2n) is 9.31. The van der Waals surface area contributed by atoms with Crippen LogP contribution in [0, 0.1) is 13.3 Å². The van der Waals surface area contributed by atoms with Crippen molar-refractivity contribution >= 4 is 44.8 Å². The van der Waals surface area contributed by atoms with Gasteiger partial charge in [-0.25, -0.2) is 4.98 Å². The minimum atomic E-state index is -4.51. The fourth-order valence-corrected chi connectivity index (χ4v) is 4.10. The Balaban J connectivity index is 0.000000354. The summed E-state index contributed by atoms with van der Waals surface area (Å²) < 4.78 is 49.3. The molecule has 1 atom stereocenters. The second-order valence-corrected chi connectivity index (χ2v) is 10.2. The predicted octanol–water partition coefficient (Wildman–Crippen LogP) is 3.57. The fraction of sp³-hybridized carbons (Fsp3) is 0.290. The van der Waals surface area contributed by atoms with Crippen molar-refractivity contribution in [3.05, 3.63) is 113 Å². The Morgan fingerprint density at radius 2 is 1.56 bits per heavy atom. The Morgan fingerprint density at radius 1 is 0.911 bits per heavy atom. The van der Waals surface area contributed by atoms with Gasteiger partial charge in [-0.15, -0.1) is 0 Å². The number of hydrogen-bond donors (Lipinski definition) is 1. The molecule has 1 unspecified atom stereocenters. The van der Waals surface area contributed by atoms with E-state index in [1.54, 1.807) is 36.7 Å². The van der Waals surface area contributed by atoms with Crippen molar-refractivity contribution < 1.29 is 49.5 Å². The third-order valence-electron chi connectivity index (χ3n) is 5.91. The Labute approximate surface area is 295 Å². The van der Waals surface area contributed by atoms with Gasteiger partial charge in [-0.1, -0.05) is 6.07 Å². The first kappa shape index (κ1) is 40.4. The van der Waals surface area contributed by atoms with Crippen molar-refractivity contribution in [2.45, 2.75) is 45.4 Å². The minimum Gasteiger partial charge on any atom is -1.00 e. The van der Waals surface area contributed by atoms with Crippen molar-refractivity contribution in [2.75, 3.05) is 13.2 Å². The van der Waals surface area contributed by atoms with Crippen molar-refractivity contribution in [1.29, 1.82) is 0 Å². The second kappa shape index (κ2) is 19.1. The SMILES string of the molecule is C[CH-]C.Cc1ccc(Br)cn1.O=C1CCOc2cccnc21.OC1(c2ccc(C(F)(F)F)nc2)CCOc2cccnc21.[Br-].[Mg+2]. The molecule has 6 rings (SSSR count). The van der Waals surface area contributed by atoms with Crippen LogP contribution in [0.25, 0.3) is 0 Å². The molecule has 0 saturated carbocycles. The number of aliphatic hydroxyl groups is 1. The number of carbonyl (C=O) groups is 1.